The van der Waals surface area contributed by atoms with Crippen LogP contribution in [0.25, 0.3) is 10.9 Å². The van der Waals surface area contributed by atoms with Crippen molar-refractivity contribution in [2.75, 3.05) is 13.1 Å². The second-order valence-electron chi connectivity index (χ2n) is 8.47. The number of amides is 3. The fraction of sp³-hybridized carbons (Fsp3) is 0.435. The number of carbonyl (C=O) groups is 5. The van der Waals surface area contributed by atoms with Crippen molar-refractivity contribution in [3.05, 3.63) is 36.0 Å². The van der Waals surface area contributed by atoms with Crippen LogP contribution < -0.4 is 16.4 Å². The minimum atomic E-state index is -1.10. The molecule has 0 aliphatic carbocycles. The second kappa shape index (κ2) is 11.5. The van der Waals surface area contributed by atoms with Crippen molar-refractivity contribution in [2.45, 2.75) is 50.2 Å². The number of likely N-dealkylation sites (tertiary alicyclic amines) is 1. The third kappa shape index (κ3) is 6.57. The van der Waals surface area contributed by atoms with Crippen LogP contribution in [0.1, 0.15) is 31.2 Å². The minimum Gasteiger partial charge on any atom is -0.481 e. The smallest absolute Gasteiger partial charge is 0.326 e. The predicted molar refractivity (Wildman–Crippen MR) is 124 cm³/mol. The van der Waals surface area contributed by atoms with Gasteiger partial charge in [-0.25, -0.2) is 4.79 Å². The number of nitrogens with zero attached hydrogens (tertiary/aromatic N) is 1. The minimum absolute atomic E-state index is 0.0873. The Hall–Kier alpha value is -3.93. The Morgan fingerprint density at radius 1 is 1.17 bits per heavy atom. The van der Waals surface area contributed by atoms with Gasteiger partial charge in [0.1, 0.15) is 12.1 Å². The molecule has 0 radical (unpaired) electrons. The number of carbonyl (C=O) groups excluding carboxylic acids is 3. The van der Waals surface area contributed by atoms with Crippen molar-refractivity contribution in [3.8, 4) is 0 Å². The van der Waals surface area contributed by atoms with Crippen LogP contribution in [0.5, 0.6) is 0 Å². The van der Waals surface area contributed by atoms with Gasteiger partial charge in [0.2, 0.25) is 17.7 Å². The molecule has 12 heteroatoms. The van der Waals surface area contributed by atoms with E-state index in [-0.39, 0.29) is 25.8 Å². The molecule has 1 aliphatic heterocycles. The maximum absolute atomic E-state index is 13.3. The van der Waals surface area contributed by atoms with E-state index in [2.05, 4.69) is 15.6 Å². The van der Waals surface area contributed by atoms with Crippen molar-refractivity contribution < 1.29 is 34.2 Å². The molecule has 0 bridgehead atoms. The lowest BCUT2D eigenvalue weighted by Crippen LogP contribution is -2.54. The number of fused-ring (bicyclic) bond motifs is 1. The molecule has 1 saturated heterocycles. The molecule has 7 N–H and O–H groups in total. The Morgan fingerprint density at radius 2 is 1.91 bits per heavy atom. The molecule has 2 aromatic rings. The van der Waals surface area contributed by atoms with Crippen LogP contribution in [0, 0.1) is 0 Å². The number of aromatic nitrogens is 1. The summed E-state index contributed by atoms with van der Waals surface area (Å²) in [6.45, 7) is -0.204. The highest BCUT2D eigenvalue weighted by Crippen LogP contribution is 2.22. The lowest BCUT2D eigenvalue weighted by molar-refractivity contribution is -0.149. The van der Waals surface area contributed by atoms with Gasteiger partial charge in [0.25, 0.3) is 0 Å². The van der Waals surface area contributed by atoms with E-state index in [1.54, 1.807) is 6.20 Å². The van der Waals surface area contributed by atoms with Gasteiger partial charge >= 0.3 is 11.9 Å². The highest BCUT2D eigenvalue weighted by Gasteiger charge is 2.38. The van der Waals surface area contributed by atoms with E-state index in [1.165, 1.54) is 4.90 Å². The number of benzene rings is 1. The zero-order valence-corrected chi connectivity index (χ0v) is 19.0. The summed E-state index contributed by atoms with van der Waals surface area (Å²) in [5.74, 6) is -4.06. The summed E-state index contributed by atoms with van der Waals surface area (Å²) in [6.07, 6.45) is 2.35. The molecule has 1 aromatic heterocycles. The van der Waals surface area contributed by atoms with Gasteiger partial charge in [0.15, 0.2) is 0 Å². The zero-order valence-electron chi connectivity index (χ0n) is 19.0. The average Bonchev–Trinajstić information content (AvgIpc) is 3.48. The summed E-state index contributed by atoms with van der Waals surface area (Å²) >= 11 is 0. The first kappa shape index (κ1) is 25.7. The molecular weight excluding hydrogens is 458 g/mol. The Morgan fingerprint density at radius 3 is 2.63 bits per heavy atom. The van der Waals surface area contributed by atoms with E-state index >= 15 is 0 Å². The molecule has 3 rings (SSSR count). The van der Waals surface area contributed by atoms with Gasteiger partial charge in [-0.05, 0) is 30.9 Å². The van der Waals surface area contributed by atoms with Crippen molar-refractivity contribution in [1.29, 1.82) is 0 Å². The van der Waals surface area contributed by atoms with Gasteiger partial charge in [-0.1, -0.05) is 18.2 Å². The van der Waals surface area contributed by atoms with E-state index in [9.17, 15) is 29.1 Å². The quantitative estimate of drug-likeness (QED) is 0.246. The number of carboxylic acid groups (broad SMARTS) is 2. The number of aliphatic carboxylic acids is 2. The number of carboxylic acids is 2. The number of hydrogen-bond donors (Lipinski definition) is 6. The summed E-state index contributed by atoms with van der Waals surface area (Å²) in [5.41, 5.74) is 7.27. The molecule has 35 heavy (non-hydrogen) atoms. The summed E-state index contributed by atoms with van der Waals surface area (Å²) < 4.78 is 0. The van der Waals surface area contributed by atoms with E-state index in [4.69, 9.17) is 10.8 Å². The third-order valence-corrected chi connectivity index (χ3v) is 5.98. The highest BCUT2D eigenvalue weighted by molar-refractivity contribution is 5.93. The molecule has 3 atom stereocenters. The molecule has 1 aromatic carbocycles. The first-order valence-corrected chi connectivity index (χ1v) is 11.3. The summed E-state index contributed by atoms with van der Waals surface area (Å²) in [5, 5.41) is 24.0. The number of para-hydroxylation sites is 1. The zero-order chi connectivity index (χ0) is 25.5. The van der Waals surface area contributed by atoms with E-state index in [0.29, 0.717) is 12.8 Å². The number of H-pyrrole nitrogens is 1. The van der Waals surface area contributed by atoms with Crippen LogP contribution >= 0.6 is 0 Å². The van der Waals surface area contributed by atoms with Gasteiger partial charge in [0, 0.05) is 36.5 Å². The Balaban J connectivity index is 1.71. The van der Waals surface area contributed by atoms with Gasteiger partial charge in [-0.15, -0.1) is 0 Å². The normalized spacial score (nSPS) is 17.1. The van der Waals surface area contributed by atoms with Crippen molar-refractivity contribution in [2.24, 2.45) is 5.73 Å². The maximum Gasteiger partial charge on any atom is 0.326 e. The standard InChI is InChI=1S/C23H29N5O7/c24-15(7-8-20(30)31)21(32)26-12-19(29)27-17(22(33)28-9-3-6-18(28)23(34)35)10-13-11-25-16-5-2-1-4-14(13)16/h1-2,4-5,11,15,17-18,25H,3,6-10,12,24H2,(H,26,32)(H,27,29)(H,30,31)(H,34,35). The van der Waals surface area contributed by atoms with E-state index in [0.717, 1.165) is 16.5 Å². The fourth-order valence-corrected chi connectivity index (χ4v) is 4.16. The van der Waals surface area contributed by atoms with Crippen LogP contribution in [0.3, 0.4) is 0 Å². The van der Waals surface area contributed by atoms with Crippen LogP contribution in [0.2, 0.25) is 0 Å². The first-order chi connectivity index (χ1) is 16.7. The molecule has 3 amide bonds. The monoisotopic (exact) mass is 487 g/mol. The molecule has 2 heterocycles. The Bertz CT molecular complexity index is 1110. The summed E-state index contributed by atoms with van der Waals surface area (Å²) in [6, 6.07) is 4.34. The summed E-state index contributed by atoms with van der Waals surface area (Å²) in [7, 11) is 0. The number of aromatic amines is 1. The molecular formula is C23H29N5O7. The summed E-state index contributed by atoms with van der Waals surface area (Å²) in [4.78, 5) is 64.6. The van der Waals surface area contributed by atoms with Crippen LogP contribution in [0.4, 0.5) is 0 Å². The second-order valence-corrected chi connectivity index (χ2v) is 8.47. The molecule has 3 unspecified atom stereocenters. The van der Waals surface area contributed by atoms with Gasteiger partial charge in [-0.2, -0.15) is 0 Å². The third-order valence-electron chi connectivity index (χ3n) is 5.98. The number of nitrogens with one attached hydrogen (secondary N) is 3. The topological polar surface area (TPSA) is 195 Å². The van der Waals surface area contributed by atoms with Gasteiger partial charge in [0.05, 0.1) is 12.6 Å². The first-order valence-electron chi connectivity index (χ1n) is 11.3. The number of hydrogen-bond acceptors (Lipinski definition) is 6. The lowest BCUT2D eigenvalue weighted by Gasteiger charge is -2.27. The van der Waals surface area contributed by atoms with Crippen LogP contribution in [-0.4, -0.2) is 81.0 Å². The SMILES string of the molecule is NC(CCC(=O)O)C(=O)NCC(=O)NC(Cc1c[nH]c2ccccc12)C(=O)N1CCCC1C(=O)O. The molecule has 0 spiro atoms. The molecule has 0 saturated carbocycles. The van der Waals surface area contributed by atoms with Crippen LogP contribution in [-0.2, 0) is 30.4 Å². The average molecular weight is 488 g/mol. The molecule has 1 aliphatic rings. The predicted octanol–water partition coefficient (Wildman–Crippen LogP) is -0.421. The highest BCUT2D eigenvalue weighted by atomic mass is 16.4. The van der Waals surface area contributed by atoms with Gasteiger partial charge in [-0.3, -0.25) is 19.2 Å². The van der Waals surface area contributed by atoms with Crippen molar-refractivity contribution in [3.63, 3.8) is 0 Å². The van der Waals surface area contributed by atoms with Crippen LogP contribution in [0.15, 0.2) is 30.5 Å². The number of nitrogens with two attached hydrogens (primary N) is 1. The van der Waals surface area contributed by atoms with Crippen molar-refractivity contribution in [1.82, 2.24) is 20.5 Å². The largest absolute Gasteiger partial charge is 0.481 e. The maximum atomic E-state index is 13.3. The van der Waals surface area contributed by atoms with Gasteiger partial charge < -0.3 is 36.5 Å². The fourth-order valence-electron chi connectivity index (χ4n) is 4.16. The van der Waals surface area contributed by atoms with Crippen molar-refractivity contribution >= 4 is 40.6 Å². The van der Waals surface area contributed by atoms with E-state index < -0.39 is 54.3 Å². The van der Waals surface area contributed by atoms with E-state index in [1.807, 2.05) is 24.3 Å². The Labute approximate surface area is 200 Å². The molecule has 12 nitrogen and oxygen atoms in total. The Kier molecular flexibility index (Phi) is 8.42. The molecule has 1 fully saturated rings. The lowest BCUT2D eigenvalue weighted by atomic mass is 10.0. The molecule has 188 valence electrons. The number of rotatable bonds is 11.